The minimum atomic E-state index is -0.177. The molecule has 0 heterocycles. The van der Waals surface area contributed by atoms with Gasteiger partial charge in [-0.05, 0) is 49.9 Å². The van der Waals surface area contributed by atoms with E-state index in [0.29, 0.717) is 6.42 Å². The molecule has 0 atom stereocenters. The second-order valence-corrected chi connectivity index (χ2v) is 6.73. The predicted molar refractivity (Wildman–Crippen MR) is 83.2 cm³/mol. The first-order chi connectivity index (χ1) is 9.63. The summed E-state index contributed by atoms with van der Waals surface area (Å²) in [7, 11) is 0. The van der Waals surface area contributed by atoms with E-state index in [2.05, 4.69) is 5.32 Å². The normalized spacial score (nSPS) is 22.5. The summed E-state index contributed by atoms with van der Waals surface area (Å²) in [6, 6.07) is 7.89. The Labute approximate surface area is 129 Å². The summed E-state index contributed by atoms with van der Waals surface area (Å²) in [6.07, 6.45) is 3.71. The fraction of sp³-hybridized carbons (Fsp3) is 0.533. The molecule has 1 fully saturated rings. The van der Waals surface area contributed by atoms with E-state index < -0.39 is 0 Å². The lowest BCUT2D eigenvalue weighted by atomic mass is 9.93. The lowest BCUT2D eigenvalue weighted by Gasteiger charge is -2.26. The van der Waals surface area contributed by atoms with E-state index in [1.165, 1.54) is 0 Å². The highest BCUT2D eigenvalue weighted by Crippen LogP contribution is 2.21. The lowest BCUT2D eigenvalue weighted by Crippen LogP contribution is -2.38. The monoisotopic (exact) mass is 313 g/mol. The lowest BCUT2D eigenvalue weighted by molar-refractivity contribution is -0.121. The van der Waals surface area contributed by atoms with Crippen LogP contribution in [0.5, 0.6) is 0 Å². The molecule has 0 aromatic heterocycles. The van der Waals surface area contributed by atoms with Gasteiger partial charge in [-0.1, -0.05) is 11.6 Å². The Bertz CT molecular complexity index is 430. The van der Waals surface area contributed by atoms with E-state index in [1.807, 2.05) is 24.3 Å². The Hall–Kier alpha value is -0.710. The smallest absolute Gasteiger partial charge is 0.221 e. The Morgan fingerprint density at radius 3 is 2.55 bits per heavy atom. The van der Waals surface area contributed by atoms with Crippen molar-refractivity contribution in [2.24, 2.45) is 0 Å². The SMILES string of the molecule is O=C(CCSc1ccc(Cl)cc1)NC1CCC(O)CC1. The van der Waals surface area contributed by atoms with Gasteiger partial charge in [0.1, 0.15) is 0 Å². The first-order valence-corrected chi connectivity index (χ1v) is 8.35. The van der Waals surface area contributed by atoms with Gasteiger partial charge in [-0.15, -0.1) is 11.8 Å². The number of benzene rings is 1. The summed E-state index contributed by atoms with van der Waals surface area (Å²) in [6.45, 7) is 0. The van der Waals surface area contributed by atoms with Crippen LogP contribution in [0.3, 0.4) is 0 Å². The van der Waals surface area contributed by atoms with Gasteiger partial charge >= 0.3 is 0 Å². The summed E-state index contributed by atoms with van der Waals surface area (Å²) in [4.78, 5) is 13.0. The highest BCUT2D eigenvalue weighted by atomic mass is 35.5. The quantitative estimate of drug-likeness (QED) is 0.820. The molecule has 3 nitrogen and oxygen atoms in total. The Kier molecular flexibility index (Phi) is 6.20. The van der Waals surface area contributed by atoms with E-state index in [0.717, 1.165) is 41.4 Å². The van der Waals surface area contributed by atoms with Crippen LogP contribution < -0.4 is 5.32 Å². The molecular formula is C15H20ClNO2S. The van der Waals surface area contributed by atoms with Crippen LogP contribution in [-0.4, -0.2) is 28.9 Å². The number of aliphatic hydroxyl groups excluding tert-OH is 1. The Balaban J connectivity index is 1.64. The Morgan fingerprint density at radius 1 is 1.25 bits per heavy atom. The van der Waals surface area contributed by atoms with Gasteiger partial charge in [-0.25, -0.2) is 0 Å². The third kappa shape index (κ3) is 5.35. The van der Waals surface area contributed by atoms with E-state index in [-0.39, 0.29) is 18.1 Å². The van der Waals surface area contributed by atoms with Crippen molar-refractivity contribution in [1.82, 2.24) is 5.32 Å². The minimum absolute atomic E-state index is 0.104. The molecule has 0 radical (unpaired) electrons. The molecule has 0 unspecified atom stereocenters. The molecule has 1 amide bonds. The summed E-state index contributed by atoms with van der Waals surface area (Å²) in [5.74, 6) is 0.871. The molecule has 0 saturated heterocycles. The average Bonchev–Trinajstić information content (AvgIpc) is 2.44. The number of carbonyl (C=O) groups is 1. The number of nitrogens with one attached hydrogen (secondary N) is 1. The standard InChI is InChI=1S/C15H20ClNO2S/c16-11-1-7-14(8-2-11)20-10-9-15(19)17-12-3-5-13(18)6-4-12/h1-2,7-8,12-13,18H,3-6,9-10H2,(H,17,19). The number of aliphatic hydroxyl groups is 1. The third-order valence-corrected chi connectivity index (χ3v) is 4.74. The van der Waals surface area contributed by atoms with E-state index in [9.17, 15) is 9.90 Å². The van der Waals surface area contributed by atoms with Crippen molar-refractivity contribution < 1.29 is 9.90 Å². The number of amides is 1. The fourth-order valence-corrected chi connectivity index (χ4v) is 3.29. The third-order valence-electron chi connectivity index (χ3n) is 3.47. The molecule has 5 heteroatoms. The van der Waals surface area contributed by atoms with E-state index in [4.69, 9.17) is 11.6 Å². The molecule has 1 aliphatic rings. The largest absolute Gasteiger partial charge is 0.393 e. The highest BCUT2D eigenvalue weighted by Gasteiger charge is 2.20. The summed E-state index contributed by atoms with van der Waals surface area (Å²) in [5.41, 5.74) is 0. The summed E-state index contributed by atoms with van der Waals surface area (Å²) < 4.78 is 0. The topological polar surface area (TPSA) is 49.3 Å². The molecule has 0 aliphatic heterocycles. The number of hydrogen-bond donors (Lipinski definition) is 2. The number of halogens is 1. The van der Waals surface area contributed by atoms with Gasteiger partial charge in [-0.3, -0.25) is 4.79 Å². The van der Waals surface area contributed by atoms with Gasteiger partial charge in [0, 0.05) is 28.1 Å². The molecule has 1 aromatic rings. The first kappa shape index (κ1) is 15.7. The van der Waals surface area contributed by atoms with Crippen molar-refractivity contribution in [3.63, 3.8) is 0 Å². The van der Waals surface area contributed by atoms with Gasteiger partial charge < -0.3 is 10.4 Å². The molecule has 2 rings (SSSR count). The van der Waals surface area contributed by atoms with Crippen LogP contribution in [0, 0.1) is 0 Å². The predicted octanol–water partition coefficient (Wildman–Crippen LogP) is 3.24. The van der Waals surface area contributed by atoms with Crippen LogP contribution >= 0.6 is 23.4 Å². The highest BCUT2D eigenvalue weighted by molar-refractivity contribution is 7.99. The second kappa shape index (κ2) is 7.91. The van der Waals surface area contributed by atoms with Gasteiger partial charge in [0.2, 0.25) is 5.91 Å². The van der Waals surface area contributed by atoms with Crippen molar-refractivity contribution in [3.8, 4) is 0 Å². The van der Waals surface area contributed by atoms with Crippen molar-refractivity contribution in [1.29, 1.82) is 0 Å². The van der Waals surface area contributed by atoms with Crippen LogP contribution in [0.25, 0.3) is 0 Å². The van der Waals surface area contributed by atoms with Gasteiger partial charge in [0.25, 0.3) is 0 Å². The molecule has 1 aromatic carbocycles. The van der Waals surface area contributed by atoms with Crippen molar-refractivity contribution in [3.05, 3.63) is 29.3 Å². The zero-order valence-corrected chi connectivity index (χ0v) is 12.9. The van der Waals surface area contributed by atoms with Crippen molar-refractivity contribution >= 4 is 29.3 Å². The van der Waals surface area contributed by atoms with Crippen LogP contribution in [0.2, 0.25) is 5.02 Å². The molecule has 0 spiro atoms. The maximum Gasteiger partial charge on any atom is 0.221 e. The number of carbonyl (C=O) groups excluding carboxylic acids is 1. The van der Waals surface area contributed by atoms with Crippen LogP contribution in [0.15, 0.2) is 29.2 Å². The zero-order valence-electron chi connectivity index (χ0n) is 11.3. The van der Waals surface area contributed by atoms with Crippen LogP contribution in [0.1, 0.15) is 32.1 Å². The van der Waals surface area contributed by atoms with E-state index in [1.54, 1.807) is 11.8 Å². The number of thioether (sulfide) groups is 1. The van der Waals surface area contributed by atoms with Gasteiger partial charge in [-0.2, -0.15) is 0 Å². The van der Waals surface area contributed by atoms with Crippen LogP contribution in [0.4, 0.5) is 0 Å². The summed E-state index contributed by atoms with van der Waals surface area (Å²) >= 11 is 7.48. The number of rotatable bonds is 5. The molecule has 1 saturated carbocycles. The molecule has 110 valence electrons. The molecule has 2 N–H and O–H groups in total. The average molecular weight is 314 g/mol. The van der Waals surface area contributed by atoms with Gasteiger partial charge in [0.05, 0.1) is 6.10 Å². The summed E-state index contributed by atoms with van der Waals surface area (Å²) in [5, 5.41) is 13.2. The molecular weight excluding hydrogens is 294 g/mol. The van der Waals surface area contributed by atoms with Crippen molar-refractivity contribution in [2.45, 2.75) is 49.1 Å². The molecule has 20 heavy (non-hydrogen) atoms. The first-order valence-electron chi connectivity index (χ1n) is 6.99. The van der Waals surface area contributed by atoms with E-state index >= 15 is 0 Å². The second-order valence-electron chi connectivity index (χ2n) is 5.13. The maximum absolute atomic E-state index is 11.8. The van der Waals surface area contributed by atoms with Crippen LogP contribution in [-0.2, 0) is 4.79 Å². The number of hydrogen-bond acceptors (Lipinski definition) is 3. The Morgan fingerprint density at radius 2 is 1.90 bits per heavy atom. The van der Waals surface area contributed by atoms with Gasteiger partial charge in [0.15, 0.2) is 0 Å². The zero-order chi connectivity index (χ0) is 14.4. The molecule has 0 bridgehead atoms. The minimum Gasteiger partial charge on any atom is -0.393 e. The van der Waals surface area contributed by atoms with Crippen molar-refractivity contribution in [2.75, 3.05) is 5.75 Å². The maximum atomic E-state index is 11.8. The molecule has 1 aliphatic carbocycles. The fourth-order valence-electron chi connectivity index (χ4n) is 2.31.